The van der Waals surface area contributed by atoms with Gasteiger partial charge in [-0.1, -0.05) is 55.8 Å². The summed E-state index contributed by atoms with van der Waals surface area (Å²) in [7, 11) is -3.26. The molecule has 2 aromatic heterocycles. The van der Waals surface area contributed by atoms with Crippen LogP contribution in [0.2, 0.25) is 0 Å². The van der Waals surface area contributed by atoms with Crippen LogP contribution in [0.3, 0.4) is 0 Å². The van der Waals surface area contributed by atoms with E-state index in [1.807, 2.05) is 61.9 Å². The third-order valence-corrected chi connectivity index (χ3v) is 11.6. The van der Waals surface area contributed by atoms with Crippen LogP contribution in [0.15, 0.2) is 54.1 Å². The number of rotatable bonds is 27. The summed E-state index contributed by atoms with van der Waals surface area (Å²) in [5.41, 5.74) is 8.53. The highest BCUT2D eigenvalue weighted by atomic mass is 31.2. The van der Waals surface area contributed by atoms with Crippen molar-refractivity contribution in [2.24, 2.45) is 23.9 Å². The first kappa shape index (κ1) is 53.6. The van der Waals surface area contributed by atoms with Crippen molar-refractivity contribution in [3.63, 3.8) is 0 Å². The van der Waals surface area contributed by atoms with Crippen LogP contribution in [0.1, 0.15) is 84.0 Å². The van der Waals surface area contributed by atoms with Crippen LogP contribution in [0.25, 0.3) is 11.3 Å². The molecular weight excluding hydrogens is 894 g/mol. The molecule has 4 rings (SSSR count). The van der Waals surface area contributed by atoms with Crippen molar-refractivity contribution in [2.45, 2.75) is 122 Å². The monoisotopic (exact) mass is 957 g/mol. The molecule has 0 spiro atoms. The Kier molecular flexibility index (Phi) is 20.6. The number of amides is 6. The minimum atomic E-state index is -5.13. The molecular formula is C43H64N11O12P. The van der Waals surface area contributed by atoms with Gasteiger partial charge < -0.3 is 56.2 Å². The summed E-state index contributed by atoms with van der Waals surface area (Å²) in [6.45, 7) is 6.39. The second-order valence-corrected chi connectivity index (χ2v) is 18.0. The predicted molar refractivity (Wildman–Crippen MR) is 243 cm³/mol. The Bertz CT molecular complexity index is 2210. The topological polar surface area (TPSA) is 324 Å². The van der Waals surface area contributed by atoms with Crippen LogP contribution in [0.5, 0.6) is 0 Å². The van der Waals surface area contributed by atoms with Crippen LogP contribution in [0, 0.1) is 5.92 Å². The molecule has 1 fully saturated rings. The number of aliphatic hydroxyl groups excluding tert-OH is 1. The normalized spacial score (nSPS) is 16.3. The third kappa shape index (κ3) is 17.0. The summed E-state index contributed by atoms with van der Waals surface area (Å²) >= 11 is 0. The number of carbonyl (C=O) groups is 6. The van der Waals surface area contributed by atoms with Gasteiger partial charge in [-0.2, -0.15) is 5.10 Å². The summed E-state index contributed by atoms with van der Waals surface area (Å²) in [5, 5.41) is 28.7. The number of likely N-dealkylation sites (tertiary alicyclic amines) is 1. The molecule has 0 radical (unpaired) electrons. The van der Waals surface area contributed by atoms with Gasteiger partial charge in [0.15, 0.2) is 0 Å². The summed E-state index contributed by atoms with van der Waals surface area (Å²) in [4.78, 5) is 109. The van der Waals surface area contributed by atoms with Gasteiger partial charge in [-0.3, -0.25) is 38.0 Å². The molecule has 3 heterocycles. The number of phosphoric acid groups is 1. The van der Waals surface area contributed by atoms with E-state index in [1.165, 1.54) is 18.0 Å². The van der Waals surface area contributed by atoms with Crippen molar-refractivity contribution in [1.82, 2.24) is 45.5 Å². The SMILES string of the molecule is CC(=O)N1CCC[C@H]1C(=O)N[C@@H](CC(C)C)C(=O)N[C@@H](Cc1cncn1CCCCCCO/N=C/c1cc(-c2ccccc2)n(C)n1)C(=O)N[C@@H](CO)C(=O)N[C@H](C(N)=O)[C@@H](C)OP(=O)(O)O. The van der Waals surface area contributed by atoms with Crippen LogP contribution in [-0.2, 0) is 62.7 Å². The molecule has 368 valence electrons. The van der Waals surface area contributed by atoms with Gasteiger partial charge in [-0.25, -0.2) is 9.55 Å². The number of benzene rings is 1. The van der Waals surface area contributed by atoms with Gasteiger partial charge in [0.25, 0.3) is 0 Å². The average molecular weight is 958 g/mol. The lowest BCUT2D eigenvalue weighted by atomic mass is 10.0. The van der Waals surface area contributed by atoms with Crippen molar-refractivity contribution >= 4 is 49.5 Å². The van der Waals surface area contributed by atoms with E-state index < -0.39 is 80.3 Å². The largest absolute Gasteiger partial charge is 0.469 e. The van der Waals surface area contributed by atoms with Gasteiger partial charge in [-0.15, -0.1) is 0 Å². The fourth-order valence-electron chi connectivity index (χ4n) is 7.59. The smallest absolute Gasteiger partial charge is 0.396 e. The number of hydrogen-bond donors (Lipinski definition) is 8. The van der Waals surface area contributed by atoms with Gasteiger partial charge in [0, 0.05) is 45.4 Å². The molecule has 6 atom stereocenters. The van der Waals surface area contributed by atoms with Crippen LogP contribution >= 0.6 is 7.82 Å². The Morgan fingerprint density at radius 1 is 0.955 bits per heavy atom. The molecule has 1 aliphatic rings. The summed E-state index contributed by atoms with van der Waals surface area (Å²) < 4.78 is 19.5. The van der Waals surface area contributed by atoms with E-state index in [1.54, 1.807) is 17.2 Å². The summed E-state index contributed by atoms with van der Waals surface area (Å²) in [5.74, 6) is -4.96. The number of aromatic nitrogens is 4. The fraction of sp³-hybridized carbons (Fsp3) is 0.558. The zero-order chi connectivity index (χ0) is 49.3. The molecule has 1 aliphatic heterocycles. The Balaban J connectivity index is 1.41. The highest BCUT2D eigenvalue weighted by molar-refractivity contribution is 7.46. The fourth-order valence-corrected chi connectivity index (χ4v) is 8.15. The van der Waals surface area contributed by atoms with E-state index in [-0.39, 0.29) is 24.7 Å². The lowest BCUT2D eigenvalue weighted by Crippen LogP contribution is -2.61. The van der Waals surface area contributed by atoms with Crippen molar-refractivity contribution in [2.75, 3.05) is 19.8 Å². The maximum absolute atomic E-state index is 14.1. The number of nitrogens with one attached hydrogen (secondary N) is 4. The number of hydrogen-bond acceptors (Lipinski definition) is 13. The first-order chi connectivity index (χ1) is 31.8. The zero-order valence-corrected chi connectivity index (χ0v) is 39.3. The van der Waals surface area contributed by atoms with Crippen LogP contribution in [0.4, 0.5) is 0 Å². The molecule has 0 unspecified atom stereocenters. The maximum Gasteiger partial charge on any atom is 0.469 e. The van der Waals surface area contributed by atoms with Gasteiger partial charge in [0.1, 0.15) is 42.5 Å². The Morgan fingerprint density at radius 3 is 2.28 bits per heavy atom. The molecule has 24 heteroatoms. The minimum absolute atomic E-state index is 0.102. The standard InChI is InChI=1S/C43H64N11O12P/c1-27(2)20-33(48-43(61)36-16-13-18-54(36)29(4)56)40(58)47-34(41(59)49-35(25-55)42(60)50-38(39(44)57)28(3)66-67(62,63)64)22-32-24-45-26-53(32)17-11-6-7-12-19-65-46-23-31-21-37(52(5)51-31)30-14-9-8-10-15-30/h8-10,14-15,21,23-24,26-28,33-36,38,55H,6-7,11-13,16-20,22,25H2,1-5H3,(H2,44,57)(H,47,58)(H,48,61)(H,49,59)(H,50,60)(H2,62,63,64)/b46-23+/t28-,33+,34+,35+,36+,38+/m1/s1. The summed E-state index contributed by atoms with van der Waals surface area (Å²) in [6.07, 6.45) is 7.13. The van der Waals surface area contributed by atoms with E-state index >= 15 is 0 Å². The van der Waals surface area contributed by atoms with Crippen molar-refractivity contribution < 1.29 is 57.6 Å². The first-order valence-electron chi connectivity index (χ1n) is 22.1. The Labute approximate surface area is 388 Å². The lowest BCUT2D eigenvalue weighted by Gasteiger charge is -2.28. The van der Waals surface area contributed by atoms with Crippen LogP contribution in [-0.4, -0.2) is 137 Å². The van der Waals surface area contributed by atoms with E-state index in [9.17, 15) is 48.2 Å². The Morgan fingerprint density at radius 2 is 1.63 bits per heavy atom. The van der Waals surface area contributed by atoms with Crippen molar-refractivity contribution in [3.05, 3.63) is 60.3 Å². The van der Waals surface area contributed by atoms with E-state index in [0.29, 0.717) is 50.3 Å². The first-order valence-corrected chi connectivity index (χ1v) is 23.7. The van der Waals surface area contributed by atoms with E-state index in [2.05, 4.69) is 41.0 Å². The van der Waals surface area contributed by atoms with Gasteiger partial charge in [-0.05, 0) is 63.0 Å². The van der Waals surface area contributed by atoms with Crippen molar-refractivity contribution in [1.29, 1.82) is 0 Å². The number of nitrogens with two attached hydrogens (primary N) is 1. The highest BCUT2D eigenvalue weighted by Crippen LogP contribution is 2.38. The number of unbranched alkanes of at least 4 members (excludes halogenated alkanes) is 3. The van der Waals surface area contributed by atoms with Gasteiger partial charge >= 0.3 is 7.82 Å². The minimum Gasteiger partial charge on any atom is -0.396 e. The molecule has 23 nitrogen and oxygen atoms in total. The number of imidazole rings is 1. The number of primary amides is 1. The number of nitrogens with zero attached hydrogens (tertiary/aromatic N) is 6. The molecule has 1 aromatic carbocycles. The summed E-state index contributed by atoms with van der Waals surface area (Å²) in [6, 6.07) is 4.93. The van der Waals surface area contributed by atoms with E-state index in [4.69, 9.17) is 10.6 Å². The van der Waals surface area contributed by atoms with Gasteiger partial charge in [0.2, 0.25) is 35.4 Å². The molecule has 6 amide bonds. The molecule has 0 bridgehead atoms. The number of aliphatic hydroxyl groups is 1. The van der Waals surface area contributed by atoms with E-state index in [0.717, 1.165) is 37.4 Å². The number of carbonyl (C=O) groups excluding carboxylic acids is 6. The third-order valence-electron chi connectivity index (χ3n) is 11.0. The second-order valence-electron chi connectivity index (χ2n) is 16.8. The second kappa shape index (κ2) is 25.8. The number of phosphoric ester groups is 1. The molecule has 9 N–H and O–H groups in total. The van der Waals surface area contributed by atoms with Crippen LogP contribution < -0.4 is 27.0 Å². The molecule has 67 heavy (non-hydrogen) atoms. The molecule has 3 aromatic rings. The Hall–Kier alpha value is -6.00. The average Bonchev–Trinajstić information content (AvgIpc) is 4.03. The lowest BCUT2D eigenvalue weighted by molar-refractivity contribution is -0.139. The zero-order valence-electron chi connectivity index (χ0n) is 38.4. The highest BCUT2D eigenvalue weighted by Gasteiger charge is 2.37. The maximum atomic E-state index is 14.1. The predicted octanol–water partition coefficient (Wildman–Crippen LogP) is 0.409. The quantitative estimate of drug-likeness (QED) is 0.0222. The number of oxime groups is 1. The molecule has 0 aliphatic carbocycles. The molecule has 1 saturated heterocycles. The number of aryl methyl sites for hydroxylation is 2. The van der Waals surface area contributed by atoms with Gasteiger partial charge in [0.05, 0.1) is 30.9 Å². The van der Waals surface area contributed by atoms with Crippen molar-refractivity contribution in [3.8, 4) is 11.3 Å². The molecule has 0 saturated carbocycles.